The van der Waals surface area contributed by atoms with Gasteiger partial charge in [0, 0.05) is 18.2 Å². The van der Waals surface area contributed by atoms with Gasteiger partial charge < -0.3 is 10.4 Å². The van der Waals surface area contributed by atoms with Crippen LogP contribution in [0.25, 0.3) is 0 Å². The Morgan fingerprint density at radius 3 is 2.95 bits per heavy atom. The quantitative estimate of drug-likeness (QED) is 0.849. The number of aliphatic hydroxyl groups excluding tert-OH is 1. The van der Waals surface area contributed by atoms with Crippen molar-refractivity contribution >= 4 is 17.7 Å². The average Bonchev–Trinajstić information content (AvgIpc) is 2.46. The normalized spacial score (nSPS) is 22.0. The second-order valence-corrected chi connectivity index (χ2v) is 6.88. The van der Waals surface area contributed by atoms with E-state index in [1.807, 2.05) is 0 Å². The van der Waals surface area contributed by atoms with Crippen molar-refractivity contribution in [2.45, 2.75) is 44.5 Å². The molecule has 0 aromatic heterocycles. The molecular formula is C17H25NO2S. The van der Waals surface area contributed by atoms with Crippen LogP contribution in [0, 0.1) is 12.8 Å². The van der Waals surface area contributed by atoms with Gasteiger partial charge in [-0.3, -0.25) is 4.79 Å². The maximum Gasteiger partial charge on any atom is 0.230 e. The molecule has 0 saturated heterocycles. The summed E-state index contributed by atoms with van der Waals surface area (Å²) in [5.41, 5.74) is 2.51. The highest BCUT2D eigenvalue weighted by atomic mass is 32.2. The van der Waals surface area contributed by atoms with Crippen molar-refractivity contribution in [2.75, 3.05) is 12.3 Å². The maximum atomic E-state index is 11.8. The van der Waals surface area contributed by atoms with Crippen molar-refractivity contribution in [2.24, 2.45) is 5.92 Å². The molecule has 21 heavy (non-hydrogen) atoms. The van der Waals surface area contributed by atoms with Gasteiger partial charge in [0.2, 0.25) is 5.91 Å². The fourth-order valence-corrected chi connectivity index (χ4v) is 3.59. The molecule has 4 heteroatoms. The van der Waals surface area contributed by atoms with Crippen LogP contribution in [0.15, 0.2) is 24.3 Å². The summed E-state index contributed by atoms with van der Waals surface area (Å²) in [6.07, 6.45) is 3.94. The van der Waals surface area contributed by atoms with Gasteiger partial charge in [0.15, 0.2) is 0 Å². The summed E-state index contributed by atoms with van der Waals surface area (Å²) in [5, 5.41) is 12.8. The smallest absolute Gasteiger partial charge is 0.230 e. The number of benzene rings is 1. The number of carbonyl (C=O) groups excluding carboxylic acids is 1. The van der Waals surface area contributed by atoms with Crippen molar-refractivity contribution in [3.8, 4) is 0 Å². The van der Waals surface area contributed by atoms with E-state index in [1.54, 1.807) is 11.8 Å². The number of hydrogen-bond donors (Lipinski definition) is 2. The molecule has 0 spiro atoms. The first kappa shape index (κ1) is 16.4. The number of hydrogen-bond acceptors (Lipinski definition) is 3. The molecule has 2 rings (SSSR count). The fraction of sp³-hybridized carbons (Fsp3) is 0.588. The molecule has 2 unspecified atom stereocenters. The minimum atomic E-state index is -0.237. The van der Waals surface area contributed by atoms with E-state index >= 15 is 0 Å². The Bertz CT molecular complexity index is 464. The predicted octanol–water partition coefficient (Wildman–Crippen LogP) is 2.90. The average molecular weight is 307 g/mol. The molecule has 1 aliphatic carbocycles. The number of thioether (sulfide) groups is 1. The number of carbonyl (C=O) groups is 1. The highest BCUT2D eigenvalue weighted by Gasteiger charge is 2.23. The molecule has 1 amide bonds. The van der Waals surface area contributed by atoms with Crippen LogP contribution >= 0.6 is 11.8 Å². The van der Waals surface area contributed by atoms with E-state index in [9.17, 15) is 9.90 Å². The van der Waals surface area contributed by atoms with Gasteiger partial charge in [-0.15, -0.1) is 11.8 Å². The largest absolute Gasteiger partial charge is 0.393 e. The topological polar surface area (TPSA) is 49.3 Å². The predicted molar refractivity (Wildman–Crippen MR) is 88.3 cm³/mol. The first-order chi connectivity index (χ1) is 10.1. The Kier molecular flexibility index (Phi) is 6.58. The molecule has 0 bridgehead atoms. The molecule has 2 N–H and O–H groups in total. The van der Waals surface area contributed by atoms with E-state index in [0.717, 1.165) is 25.0 Å². The number of rotatable bonds is 6. The van der Waals surface area contributed by atoms with Crippen LogP contribution in [0.5, 0.6) is 0 Å². The van der Waals surface area contributed by atoms with Gasteiger partial charge in [0.05, 0.1) is 11.9 Å². The summed E-state index contributed by atoms with van der Waals surface area (Å²) in [7, 11) is 0. The zero-order chi connectivity index (χ0) is 15.1. The van der Waals surface area contributed by atoms with E-state index < -0.39 is 0 Å². The lowest BCUT2D eigenvalue weighted by Gasteiger charge is -2.27. The lowest BCUT2D eigenvalue weighted by atomic mass is 9.86. The zero-order valence-corrected chi connectivity index (χ0v) is 13.5. The van der Waals surface area contributed by atoms with Crippen molar-refractivity contribution in [1.29, 1.82) is 0 Å². The molecule has 0 aliphatic heterocycles. The van der Waals surface area contributed by atoms with Crippen molar-refractivity contribution in [3.63, 3.8) is 0 Å². The van der Waals surface area contributed by atoms with Crippen LogP contribution in [-0.4, -0.2) is 29.4 Å². The first-order valence-corrected chi connectivity index (χ1v) is 8.88. The number of aryl methyl sites for hydroxylation is 1. The van der Waals surface area contributed by atoms with Crippen LogP contribution in [0.2, 0.25) is 0 Å². The molecule has 1 aliphatic rings. The number of amides is 1. The standard InChI is InChI=1S/C17H25NO2S/c1-13-5-4-6-14(9-13)11-21-12-17(20)18-10-15-7-2-3-8-16(15)19/h4-6,9,15-16,19H,2-3,7-8,10-12H2,1H3,(H,18,20). The van der Waals surface area contributed by atoms with E-state index in [4.69, 9.17) is 0 Å². The highest BCUT2D eigenvalue weighted by molar-refractivity contribution is 7.99. The van der Waals surface area contributed by atoms with Gasteiger partial charge in [-0.25, -0.2) is 0 Å². The Morgan fingerprint density at radius 2 is 2.19 bits per heavy atom. The molecule has 3 nitrogen and oxygen atoms in total. The summed E-state index contributed by atoms with van der Waals surface area (Å²) >= 11 is 1.64. The summed E-state index contributed by atoms with van der Waals surface area (Å²) in [4.78, 5) is 11.8. The van der Waals surface area contributed by atoms with Crippen LogP contribution in [0.3, 0.4) is 0 Å². The third-order valence-corrected chi connectivity index (χ3v) is 5.02. The lowest BCUT2D eigenvalue weighted by Crippen LogP contribution is -2.37. The van der Waals surface area contributed by atoms with Crippen LogP contribution < -0.4 is 5.32 Å². The van der Waals surface area contributed by atoms with E-state index in [2.05, 4.69) is 36.5 Å². The molecule has 1 aromatic carbocycles. The number of aliphatic hydroxyl groups is 1. The summed E-state index contributed by atoms with van der Waals surface area (Å²) in [5.74, 6) is 1.66. The van der Waals surface area contributed by atoms with Crippen molar-refractivity contribution < 1.29 is 9.90 Å². The van der Waals surface area contributed by atoms with Crippen molar-refractivity contribution in [3.05, 3.63) is 35.4 Å². The van der Waals surface area contributed by atoms with Gasteiger partial charge in [0.25, 0.3) is 0 Å². The summed E-state index contributed by atoms with van der Waals surface area (Å²) in [6, 6.07) is 8.38. The second-order valence-electron chi connectivity index (χ2n) is 5.90. The van der Waals surface area contributed by atoms with Crippen LogP contribution in [0.4, 0.5) is 0 Å². The van der Waals surface area contributed by atoms with E-state index in [0.29, 0.717) is 12.3 Å². The van der Waals surface area contributed by atoms with Crippen LogP contribution in [-0.2, 0) is 10.5 Å². The zero-order valence-electron chi connectivity index (χ0n) is 12.7. The van der Waals surface area contributed by atoms with Gasteiger partial charge in [-0.2, -0.15) is 0 Å². The Hall–Kier alpha value is -1.00. The minimum absolute atomic E-state index is 0.0745. The Labute approximate surface area is 131 Å². The summed E-state index contributed by atoms with van der Waals surface area (Å²) < 4.78 is 0. The third kappa shape index (κ3) is 5.71. The maximum absolute atomic E-state index is 11.8. The van der Waals surface area contributed by atoms with Gasteiger partial charge >= 0.3 is 0 Å². The molecule has 0 heterocycles. The third-order valence-electron chi connectivity index (χ3n) is 4.01. The van der Waals surface area contributed by atoms with Gasteiger partial charge in [0.1, 0.15) is 0 Å². The lowest BCUT2D eigenvalue weighted by molar-refractivity contribution is -0.119. The van der Waals surface area contributed by atoms with E-state index in [1.165, 1.54) is 17.5 Å². The molecule has 1 saturated carbocycles. The van der Waals surface area contributed by atoms with E-state index in [-0.39, 0.29) is 17.9 Å². The molecule has 0 radical (unpaired) electrons. The first-order valence-electron chi connectivity index (χ1n) is 7.73. The Balaban J connectivity index is 1.63. The highest BCUT2D eigenvalue weighted by Crippen LogP contribution is 2.23. The molecular weight excluding hydrogens is 282 g/mol. The van der Waals surface area contributed by atoms with Crippen LogP contribution in [0.1, 0.15) is 36.8 Å². The van der Waals surface area contributed by atoms with Gasteiger partial charge in [-0.05, 0) is 25.3 Å². The SMILES string of the molecule is Cc1cccc(CSCC(=O)NCC2CCCCC2O)c1. The minimum Gasteiger partial charge on any atom is -0.393 e. The monoisotopic (exact) mass is 307 g/mol. The molecule has 2 atom stereocenters. The second kappa shape index (κ2) is 8.44. The van der Waals surface area contributed by atoms with Gasteiger partial charge in [-0.1, -0.05) is 42.7 Å². The number of nitrogens with one attached hydrogen (secondary N) is 1. The fourth-order valence-electron chi connectivity index (χ4n) is 2.79. The summed E-state index contributed by atoms with van der Waals surface area (Å²) in [6.45, 7) is 2.70. The van der Waals surface area contributed by atoms with Crippen molar-refractivity contribution in [1.82, 2.24) is 5.32 Å². The molecule has 1 fully saturated rings. The molecule has 116 valence electrons. The molecule has 1 aromatic rings. The Morgan fingerprint density at radius 1 is 1.38 bits per heavy atom.